The van der Waals surface area contributed by atoms with E-state index in [1.807, 2.05) is 0 Å². The summed E-state index contributed by atoms with van der Waals surface area (Å²) in [6.45, 7) is 7.62. The standard InChI is InChI=1S/C26H40O2/c1-21-18-22(2)24(11-7-5-9-13-26(16-17-26)28-20-27)19-23(21)10-6-4-8-12-25(3)14-15-25/h18-20H,4-17H2,1-3H3. The molecule has 28 heavy (non-hydrogen) atoms. The van der Waals surface area contributed by atoms with Crippen LogP contribution < -0.4 is 0 Å². The third kappa shape index (κ3) is 6.36. The van der Waals surface area contributed by atoms with Crippen molar-refractivity contribution in [1.29, 1.82) is 0 Å². The lowest BCUT2D eigenvalue weighted by Crippen LogP contribution is -2.12. The monoisotopic (exact) mass is 384 g/mol. The zero-order valence-corrected chi connectivity index (χ0v) is 18.4. The minimum atomic E-state index is -0.0778. The fraction of sp³-hybridized carbons (Fsp3) is 0.731. The van der Waals surface area contributed by atoms with E-state index < -0.39 is 0 Å². The first-order valence-electron chi connectivity index (χ1n) is 11.7. The minimum Gasteiger partial charge on any atom is -0.461 e. The summed E-state index contributed by atoms with van der Waals surface area (Å²) in [6, 6.07) is 4.89. The minimum absolute atomic E-state index is 0.0778. The molecule has 2 fully saturated rings. The van der Waals surface area contributed by atoms with Crippen molar-refractivity contribution < 1.29 is 9.53 Å². The first-order chi connectivity index (χ1) is 13.5. The molecule has 156 valence electrons. The highest BCUT2D eigenvalue weighted by atomic mass is 16.5. The quantitative estimate of drug-likeness (QED) is 0.254. The first-order valence-corrected chi connectivity index (χ1v) is 11.7. The van der Waals surface area contributed by atoms with Gasteiger partial charge in [-0.25, -0.2) is 0 Å². The number of hydrogen-bond acceptors (Lipinski definition) is 2. The molecule has 1 aromatic carbocycles. The Bertz CT molecular complexity index is 653. The van der Waals surface area contributed by atoms with Crippen LogP contribution >= 0.6 is 0 Å². The molecule has 0 bridgehead atoms. The molecular weight excluding hydrogens is 344 g/mol. The smallest absolute Gasteiger partial charge is 0.293 e. The van der Waals surface area contributed by atoms with Gasteiger partial charge in [-0.2, -0.15) is 0 Å². The Labute approximate surface area is 172 Å². The van der Waals surface area contributed by atoms with Crippen LogP contribution in [0.15, 0.2) is 12.1 Å². The van der Waals surface area contributed by atoms with Gasteiger partial charge in [0.25, 0.3) is 6.47 Å². The van der Waals surface area contributed by atoms with E-state index in [0.29, 0.717) is 11.9 Å². The van der Waals surface area contributed by atoms with E-state index in [1.54, 1.807) is 5.56 Å². The zero-order chi connectivity index (χ0) is 20.0. The number of aryl methyl sites for hydroxylation is 4. The lowest BCUT2D eigenvalue weighted by molar-refractivity contribution is -0.135. The molecule has 0 heterocycles. The van der Waals surface area contributed by atoms with Crippen molar-refractivity contribution in [2.24, 2.45) is 5.41 Å². The summed E-state index contributed by atoms with van der Waals surface area (Å²) in [5.74, 6) is 0. The summed E-state index contributed by atoms with van der Waals surface area (Å²) in [4.78, 5) is 10.6. The van der Waals surface area contributed by atoms with Gasteiger partial charge >= 0.3 is 0 Å². The normalized spacial score (nSPS) is 18.7. The van der Waals surface area contributed by atoms with E-state index >= 15 is 0 Å². The highest BCUT2D eigenvalue weighted by Gasteiger charge is 2.44. The maximum absolute atomic E-state index is 10.6. The summed E-state index contributed by atoms with van der Waals surface area (Å²) in [7, 11) is 0. The van der Waals surface area contributed by atoms with Crippen molar-refractivity contribution in [2.45, 2.75) is 116 Å². The van der Waals surface area contributed by atoms with Crippen LogP contribution in [0.5, 0.6) is 0 Å². The number of ether oxygens (including phenoxy) is 1. The van der Waals surface area contributed by atoms with Gasteiger partial charge in [-0.3, -0.25) is 4.79 Å². The van der Waals surface area contributed by atoms with Crippen molar-refractivity contribution in [3.05, 3.63) is 34.4 Å². The Morgan fingerprint density at radius 2 is 1.39 bits per heavy atom. The van der Waals surface area contributed by atoms with Crippen molar-refractivity contribution in [3.63, 3.8) is 0 Å². The lowest BCUT2D eigenvalue weighted by Gasteiger charge is -2.14. The largest absolute Gasteiger partial charge is 0.461 e. The predicted octanol–water partition coefficient (Wildman–Crippen LogP) is 7.01. The number of hydrogen-bond donors (Lipinski definition) is 0. The van der Waals surface area contributed by atoms with Crippen molar-refractivity contribution in [2.75, 3.05) is 0 Å². The summed E-state index contributed by atoms with van der Waals surface area (Å²) in [6.07, 6.45) is 17.7. The van der Waals surface area contributed by atoms with Gasteiger partial charge in [-0.05, 0) is 112 Å². The molecule has 3 rings (SSSR count). The molecule has 0 unspecified atom stereocenters. The molecule has 0 aliphatic heterocycles. The van der Waals surface area contributed by atoms with Crippen LogP contribution in [0.2, 0.25) is 0 Å². The fourth-order valence-electron chi connectivity index (χ4n) is 4.60. The highest BCUT2D eigenvalue weighted by Crippen LogP contribution is 2.49. The van der Waals surface area contributed by atoms with E-state index in [1.165, 1.54) is 87.3 Å². The summed E-state index contributed by atoms with van der Waals surface area (Å²) >= 11 is 0. The lowest BCUT2D eigenvalue weighted by atomic mass is 9.92. The predicted molar refractivity (Wildman–Crippen MR) is 117 cm³/mol. The highest BCUT2D eigenvalue weighted by molar-refractivity contribution is 5.39. The molecule has 2 aliphatic carbocycles. The third-order valence-electron chi connectivity index (χ3n) is 7.31. The third-order valence-corrected chi connectivity index (χ3v) is 7.31. The Balaban J connectivity index is 1.37. The van der Waals surface area contributed by atoms with Gasteiger partial charge in [0.15, 0.2) is 0 Å². The van der Waals surface area contributed by atoms with E-state index in [4.69, 9.17) is 4.74 Å². The number of carbonyl (C=O) groups excluding carboxylic acids is 1. The molecule has 0 atom stereocenters. The molecule has 0 N–H and O–H groups in total. The van der Waals surface area contributed by atoms with Crippen LogP contribution in [0, 0.1) is 19.3 Å². The van der Waals surface area contributed by atoms with Crippen LogP contribution in [-0.2, 0) is 22.4 Å². The van der Waals surface area contributed by atoms with E-state index in [-0.39, 0.29) is 5.60 Å². The molecule has 0 saturated heterocycles. The van der Waals surface area contributed by atoms with E-state index in [0.717, 1.165) is 19.3 Å². The summed E-state index contributed by atoms with van der Waals surface area (Å²) in [5.41, 5.74) is 6.66. The molecule has 1 aromatic rings. The number of benzene rings is 1. The van der Waals surface area contributed by atoms with E-state index in [2.05, 4.69) is 32.9 Å². The van der Waals surface area contributed by atoms with Gasteiger partial charge in [0.1, 0.15) is 5.60 Å². The van der Waals surface area contributed by atoms with Crippen LogP contribution in [0.1, 0.15) is 106 Å². The number of unbranched alkanes of at least 4 members (excludes halogenated alkanes) is 4. The van der Waals surface area contributed by atoms with Crippen LogP contribution in [0.4, 0.5) is 0 Å². The Kier molecular flexibility index (Phi) is 7.23. The van der Waals surface area contributed by atoms with Crippen LogP contribution in [0.3, 0.4) is 0 Å². The number of rotatable bonds is 14. The van der Waals surface area contributed by atoms with E-state index in [9.17, 15) is 4.79 Å². The summed E-state index contributed by atoms with van der Waals surface area (Å²) in [5, 5.41) is 0. The molecule has 2 aliphatic rings. The molecular formula is C26H40O2. The molecule has 2 nitrogen and oxygen atoms in total. The zero-order valence-electron chi connectivity index (χ0n) is 18.4. The van der Waals surface area contributed by atoms with Crippen molar-refractivity contribution in [3.8, 4) is 0 Å². The Hall–Kier alpha value is -1.31. The van der Waals surface area contributed by atoms with Gasteiger partial charge < -0.3 is 4.74 Å². The van der Waals surface area contributed by atoms with Crippen LogP contribution in [-0.4, -0.2) is 12.1 Å². The van der Waals surface area contributed by atoms with Crippen LogP contribution in [0.25, 0.3) is 0 Å². The topological polar surface area (TPSA) is 26.3 Å². The van der Waals surface area contributed by atoms with Gasteiger partial charge in [0.2, 0.25) is 0 Å². The summed E-state index contributed by atoms with van der Waals surface area (Å²) < 4.78 is 5.25. The number of carbonyl (C=O) groups is 1. The van der Waals surface area contributed by atoms with Crippen molar-refractivity contribution in [1.82, 2.24) is 0 Å². The SMILES string of the molecule is Cc1cc(C)c(CCCCCC2(OC=O)CC2)cc1CCCCCC1(C)CC1. The molecule has 0 radical (unpaired) electrons. The second kappa shape index (κ2) is 9.46. The molecule has 2 heteroatoms. The maximum atomic E-state index is 10.6. The Morgan fingerprint density at radius 3 is 1.89 bits per heavy atom. The fourth-order valence-corrected chi connectivity index (χ4v) is 4.60. The van der Waals surface area contributed by atoms with Gasteiger partial charge in [0, 0.05) is 0 Å². The van der Waals surface area contributed by atoms with Gasteiger partial charge in [-0.15, -0.1) is 0 Å². The van der Waals surface area contributed by atoms with Crippen molar-refractivity contribution >= 4 is 6.47 Å². The second-order valence-electron chi connectivity index (χ2n) is 10.0. The molecule has 0 spiro atoms. The molecule has 0 aromatic heterocycles. The Morgan fingerprint density at radius 1 is 0.821 bits per heavy atom. The molecule has 2 saturated carbocycles. The second-order valence-corrected chi connectivity index (χ2v) is 10.0. The molecule has 0 amide bonds. The van der Waals surface area contributed by atoms with Gasteiger partial charge in [0.05, 0.1) is 0 Å². The first kappa shape index (κ1) is 21.4. The maximum Gasteiger partial charge on any atom is 0.293 e. The average Bonchev–Trinajstić information content (AvgIpc) is 3.57. The van der Waals surface area contributed by atoms with Gasteiger partial charge in [-0.1, -0.05) is 38.3 Å². The average molecular weight is 385 g/mol.